The monoisotopic (exact) mass is 298 g/mol. The van der Waals surface area contributed by atoms with Crippen molar-refractivity contribution in [1.82, 2.24) is 0 Å². The minimum Gasteiger partial charge on any atom is -0.401 e. The maximum Gasteiger partial charge on any atom is 0.434 e. The van der Waals surface area contributed by atoms with Gasteiger partial charge >= 0.3 is 11.8 Å². The average Bonchev–Trinajstić information content (AvgIpc) is 3.10. The second-order valence-corrected chi connectivity index (χ2v) is 4.74. The van der Waals surface area contributed by atoms with Crippen LogP contribution in [0.4, 0.5) is 11.8 Å². The van der Waals surface area contributed by atoms with Gasteiger partial charge in [-0.25, -0.2) is 0 Å². The molecule has 2 heterocycles. The number of furan rings is 2. The van der Waals surface area contributed by atoms with Crippen molar-refractivity contribution in [3.63, 3.8) is 0 Å². The van der Waals surface area contributed by atoms with E-state index in [4.69, 9.17) is 8.83 Å². The molecule has 0 aliphatic carbocycles. The Morgan fingerprint density at radius 3 is 2.18 bits per heavy atom. The minimum atomic E-state index is -0.609. The van der Waals surface area contributed by atoms with Gasteiger partial charge in [-0.05, 0) is 17.5 Å². The summed E-state index contributed by atoms with van der Waals surface area (Å²) in [6.45, 7) is 0. The molecule has 0 radical (unpaired) electrons. The van der Waals surface area contributed by atoms with Crippen LogP contribution in [0.2, 0.25) is 0 Å². The van der Waals surface area contributed by atoms with Crippen molar-refractivity contribution < 1.29 is 18.7 Å². The topological polar surface area (TPSA) is 113 Å². The fourth-order valence-electron chi connectivity index (χ4n) is 2.58. The summed E-state index contributed by atoms with van der Waals surface area (Å²) in [5.74, 6) is -0.700. The Balaban J connectivity index is 2.11. The average molecular weight is 298 g/mol. The maximum atomic E-state index is 10.8. The summed E-state index contributed by atoms with van der Waals surface area (Å²) in [4.78, 5) is 20.4. The summed E-state index contributed by atoms with van der Waals surface area (Å²) in [6.07, 6.45) is 0. The number of nitrogens with zero attached hydrogens (tertiary/aromatic N) is 2. The van der Waals surface area contributed by atoms with Crippen LogP contribution in [0, 0.1) is 20.2 Å². The lowest BCUT2D eigenvalue weighted by molar-refractivity contribution is -0.401. The highest BCUT2D eigenvalue weighted by atomic mass is 16.7. The molecular weight excluding hydrogens is 292 g/mol. The summed E-state index contributed by atoms with van der Waals surface area (Å²) in [7, 11) is 0. The molecule has 0 N–H and O–H groups in total. The van der Waals surface area contributed by atoms with E-state index in [1.165, 1.54) is 12.1 Å². The van der Waals surface area contributed by atoms with E-state index in [2.05, 4.69) is 0 Å². The predicted molar refractivity (Wildman–Crippen MR) is 76.8 cm³/mol. The molecular formula is C14H6N2O6. The summed E-state index contributed by atoms with van der Waals surface area (Å²) in [5.41, 5.74) is 0.745. The summed E-state index contributed by atoms with van der Waals surface area (Å²) < 4.78 is 10.4. The van der Waals surface area contributed by atoms with Crippen molar-refractivity contribution in [2.75, 3.05) is 0 Å². The number of hydrogen-bond donors (Lipinski definition) is 0. The van der Waals surface area contributed by atoms with E-state index in [0.717, 1.165) is 0 Å². The summed E-state index contributed by atoms with van der Waals surface area (Å²) in [6, 6.07) is 9.33. The molecule has 2 aromatic heterocycles. The Kier molecular flexibility index (Phi) is 2.27. The van der Waals surface area contributed by atoms with E-state index in [1.807, 2.05) is 0 Å². The van der Waals surface area contributed by atoms with E-state index in [-0.39, 0.29) is 11.8 Å². The van der Waals surface area contributed by atoms with Crippen LogP contribution in [0.1, 0.15) is 0 Å². The number of rotatable bonds is 2. The molecule has 0 aliphatic heterocycles. The van der Waals surface area contributed by atoms with Gasteiger partial charge in [-0.3, -0.25) is 20.2 Å². The molecule has 2 aromatic carbocycles. The molecule has 0 aliphatic rings. The number of benzene rings is 2. The molecule has 0 unspecified atom stereocenters. The smallest absolute Gasteiger partial charge is 0.401 e. The van der Waals surface area contributed by atoms with Crippen molar-refractivity contribution in [3.05, 3.63) is 56.6 Å². The Labute approximate surface area is 120 Å². The molecule has 108 valence electrons. The van der Waals surface area contributed by atoms with Crippen LogP contribution in [0.25, 0.3) is 32.7 Å². The van der Waals surface area contributed by atoms with E-state index in [1.54, 1.807) is 24.3 Å². The first-order valence-corrected chi connectivity index (χ1v) is 6.22. The van der Waals surface area contributed by atoms with Crippen LogP contribution in [-0.4, -0.2) is 9.85 Å². The van der Waals surface area contributed by atoms with Gasteiger partial charge in [-0.2, -0.15) is 0 Å². The van der Waals surface area contributed by atoms with Crippen LogP contribution in [0.5, 0.6) is 0 Å². The molecule has 0 saturated carbocycles. The molecule has 0 bridgehead atoms. The Hall–Kier alpha value is -3.42. The van der Waals surface area contributed by atoms with Crippen molar-refractivity contribution >= 4 is 44.5 Å². The lowest BCUT2D eigenvalue weighted by atomic mass is 10.0. The lowest BCUT2D eigenvalue weighted by Crippen LogP contribution is -1.82. The number of fused-ring (bicyclic) bond motifs is 5. The third-order valence-electron chi connectivity index (χ3n) is 3.51. The third kappa shape index (κ3) is 1.57. The van der Waals surface area contributed by atoms with Crippen LogP contribution < -0.4 is 0 Å². The maximum absolute atomic E-state index is 10.8. The second kappa shape index (κ2) is 4.04. The summed E-state index contributed by atoms with van der Waals surface area (Å²) >= 11 is 0. The zero-order valence-corrected chi connectivity index (χ0v) is 10.8. The van der Waals surface area contributed by atoms with Gasteiger partial charge in [0.2, 0.25) is 0 Å². The molecule has 4 aromatic rings. The first-order valence-electron chi connectivity index (χ1n) is 6.22. The standard InChI is InChI=1S/C14H6N2O6/c17-15(18)12-5-7-1-2-8-9(14(7)22-12)3-4-11-10(8)6-13(21-11)16(19)20/h1-6H. The second-order valence-electron chi connectivity index (χ2n) is 4.74. The van der Waals surface area contributed by atoms with E-state index < -0.39 is 9.85 Å². The SMILES string of the molecule is O=[N+]([O-])c1cc2c(ccc3c2ccc2cc([N+](=O)[O-])oc23)o1. The molecule has 4 rings (SSSR count). The molecule has 22 heavy (non-hydrogen) atoms. The van der Waals surface area contributed by atoms with Crippen molar-refractivity contribution in [2.45, 2.75) is 0 Å². The largest absolute Gasteiger partial charge is 0.434 e. The van der Waals surface area contributed by atoms with Gasteiger partial charge < -0.3 is 8.83 Å². The van der Waals surface area contributed by atoms with Crippen molar-refractivity contribution in [2.24, 2.45) is 0 Å². The van der Waals surface area contributed by atoms with E-state index in [0.29, 0.717) is 32.7 Å². The van der Waals surface area contributed by atoms with Crippen LogP contribution in [-0.2, 0) is 0 Å². The molecule has 0 saturated heterocycles. The lowest BCUT2D eigenvalue weighted by Gasteiger charge is -1.98. The van der Waals surface area contributed by atoms with Gasteiger partial charge in [0.05, 0.1) is 12.1 Å². The van der Waals surface area contributed by atoms with Crippen LogP contribution in [0.3, 0.4) is 0 Å². The third-order valence-corrected chi connectivity index (χ3v) is 3.51. The first-order chi connectivity index (χ1) is 10.5. The van der Waals surface area contributed by atoms with Gasteiger partial charge in [-0.1, -0.05) is 12.1 Å². The Morgan fingerprint density at radius 2 is 1.45 bits per heavy atom. The van der Waals surface area contributed by atoms with E-state index >= 15 is 0 Å². The highest BCUT2D eigenvalue weighted by Crippen LogP contribution is 2.36. The zero-order chi connectivity index (χ0) is 15.4. The van der Waals surface area contributed by atoms with Gasteiger partial charge in [-0.15, -0.1) is 0 Å². The van der Waals surface area contributed by atoms with Crippen LogP contribution in [0.15, 0.2) is 45.2 Å². The quantitative estimate of drug-likeness (QED) is 0.405. The molecule has 0 fully saturated rings. The highest BCUT2D eigenvalue weighted by molar-refractivity contribution is 6.15. The Morgan fingerprint density at radius 1 is 0.773 bits per heavy atom. The fourth-order valence-corrected chi connectivity index (χ4v) is 2.58. The molecule has 0 spiro atoms. The molecule has 8 heteroatoms. The van der Waals surface area contributed by atoms with Crippen molar-refractivity contribution in [3.8, 4) is 0 Å². The highest BCUT2D eigenvalue weighted by Gasteiger charge is 2.19. The molecule has 0 atom stereocenters. The molecule has 0 amide bonds. The summed E-state index contributed by atoms with van der Waals surface area (Å²) in [5, 5.41) is 24.1. The zero-order valence-electron chi connectivity index (χ0n) is 10.8. The predicted octanol–water partition coefficient (Wildman–Crippen LogP) is 4.15. The fraction of sp³-hybridized carbons (Fsp3) is 0. The van der Waals surface area contributed by atoms with E-state index in [9.17, 15) is 20.2 Å². The number of nitro groups is 2. The number of hydrogen-bond acceptors (Lipinski definition) is 6. The minimum absolute atomic E-state index is 0.347. The first kappa shape index (κ1) is 12.3. The molecule has 8 nitrogen and oxygen atoms in total. The van der Waals surface area contributed by atoms with Crippen LogP contribution >= 0.6 is 0 Å². The van der Waals surface area contributed by atoms with Gasteiger partial charge in [0.25, 0.3) is 0 Å². The van der Waals surface area contributed by atoms with Gasteiger partial charge in [0.1, 0.15) is 21.0 Å². The van der Waals surface area contributed by atoms with Gasteiger partial charge in [0, 0.05) is 16.2 Å². The van der Waals surface area contributed by atoms with Crippen molar-refractivity contribution in [1.29, 1.82) is 0 Å². The normalized spacial score (nSPS) is 11.5. The van der Waals surface area contributed by atoms with Gasteiger partial charge in [0.15, 0.2) is 0 Å². The Bertz CT molecular complexity index is 1000.